The van der Waals surface area contributed by atoms with Gasteiger partial charge in [0.25, 0.3) is 5.56 Å². The molecule has 34 heavy (non-hydrogen) atoms. The molecule has 0 spiro atoms. The van der Waals surface area contributed by atoms with Crippen molar-refractivity contribution in [2.45, 2.75) is 38.6 Å². The van der Waals surface area contributed by atoms with Crippen molar-refractivity contribution in [2.24, 2.45) is 0 Å². The summed E-state index contributed by atoms with van der Waals surface area (Å²) < 4.78 is 7.18. The van der Waals surface area contributed by atoms with E-state index in [2.05, 4.69) is 15.1 Å². The number of aromatic amines is 1. The van der Waals surface area contributed by atoms with Gasteiger partial charge >= 0.3 is 0 Å². The number of nitrogens with zero attached hydrogens (tertiary/aromatic N) is 4. The molecule has 1 N–H and O–H groups in total. The molecule has 1 fully saturated rings. The van der Waals surface area contributed by atoms with E-state index in [-0.39, 0.29) is 23.9 Å². The summed E-state index contributed by atoms with van der Waals surface area (Å²) in [4.78, 5) is 35.1. The van der Waals surface area contributed by atoms with Crippen LogP contribution in [-0.2, 0) is 11.2 Å². The van der Waals surface area contributed by atoms with Gasteiger partial charge in [0.2, 0.25) is 5.91 Å². The Kier molecular flexibility index (Phi) is 6.12. The zero-order valence-corrected chi connectivity index (χ0v) is 19.1. The van der Waals surface area contributed by atoms with E-state index in [0.29, 0.717) is 29.9 Å². The zero-order chi connectivity index (χ0) is 23.5. The molecule has 5 rings (SSSR count). The summed E-state index contributed by atoms with van der Waals surface area (Å²) in [7, 11) is 0. The number of hydrogen-bond donors (Lipinski definition) is 1. The van der Waals surface area contributed by atoms with Crippen LogP contribution in [0.5, 0.6) is 5.75 Å². The number of carbonyl (C=O) groups is 1. The summed E-state index contributed by atoms with van der Waals surface area (Å²) in [5.74, 6) is 1.39. The first-order chi connectivity index (χ1) is 16.6. The van der Waals surface area contributed by atoms with Crippen LogP contribution in [0.25, 0.3) is 16.7 Å². The lowest BCUT2D eigenvalue weighted by atomic mass is 10.0. The first-order valence-electron chi connectivity index (χ1n) is 11.7. The van der Waals surface area contributed by atoms with Crippen molar-refractivity contribution in [2.75, 3.05) is 13.2 Å². The average Bonchev–Trinajstić information content (AvgIpc) is 3.52. The van der Waals surface area contributed by atoms with Crippen molar-refractivity contribution < 1.29 is 9.53 Å². The molecule has 0 bridgehead atoms. The van der Waals surface area contributed by atoms with E-state index in [4.69, 9.17) is 4.74 Å². The molecule has 0 saturated carbocycles. The molecule has 2 aromatic carbocycles. The van der Waals surface area contributed by atoms with Crippen molar-refractivity contribution >= 4 is 16.9 Å². The van der Waals surface area contributed by atoms with Crippen molar-refractivity contribution in [1.82, 2.24) is 24.6 Å². The molecule has 0 radical (unpaired) electrons. The quantitative estimate of drug-likeness (QED) is 0.456. The van der Waals surface area contributed by atoms with Gasteiger partial charge in [-0.2, -0.15) is 5.10 Å². The highest BCUT2D eigenvalue weighted by atomic mass is 16.5. The van der Waals surface area contributed by atoms with Gasteiger partial charge in [0, 0.05) is 19.4 Å². The summed E-state index contributed by atoms with van der Waals surface area (Å²) in [5, 5.41) is 4.76. The van der Waals surface area contributed by atoms with Crippen LogP contribution in [0.15, 0.2) is 65.6 Å². The number of aromatic nitrogens is 4. The van der Waals surface area contributed by atoms with Crippen molar-refractivity contribution in [3.05, 3.63) is 82.5 Å². The number of likely N-dealkylation sites (tertiary alicyclic amines) is 1. The second kappa shape index (κ2) is 9.51. The number of aryl methyl sites for hydroxylation is 1. The minimum absolute atomic E-state index is 0.0655. The molecule has 1 atom stereocenters. The third kappa shape index (κ3) is 4.31. The van der Waals surface area contributed by atoms with Crippen LogP contribution in [0.2, 0.25) is 0 Å². The van der Waals surface area contributed by atoms with E-state index in [1.54, 1.807) is 4.68 Å². The predicted molar refractivity (Wildman–Crippen MR) is 129 cm³/mol. The third-order valence-electron chi connectivity index (χ3n) is 6.21. The van der Waals surface area contributed by atoms with E-state index < -0.39 is 0 Å². The first-order valence-corrected chi connectivity index (χ1v) is 11.7. The fourth-order valence-electron chi connectivity index (χ4n) is 4.57. The van der Waals surface area contributed by atoms with Gasteiger partial charge in [-0.25, -0.2) is 9.67 Å². The number of H-pyrrole nitrogens is 1. The Morgan fingerprint density at radius 1 is 1.15 bits per heavy atom. The van der Waals surface area contributed by atoms with Gasteiger partial charge in [-0.1, -0.05) is 30.3 Å². The van der Waals surface area contributed by atoms with E-state index in [1.807, 2.05) is 66.4 Å². The zero-order valence-electron chi connectivity index (χ0n) is 19.1. The molecule has 1 aliphatic heterocycles. The Hall–Kier alpha value is -3.94. The molecule has 8 heteroatoms. The van der Waals surface area contributed by atoms with E-state index in [0.717, 1.165) is 36.4 Å². The number of nitrogens with one attached hydrogen (secondary N) is 1. The van der Waals surface area contributed by atoms with Gasteiger partial charge in [-0.05, 0) is 49.6 Å². The average molecular weight is 458 g/mol. The lowest BCUT2D eigenvalue weighted by molar-refractivity contribution is -0.132. The van der Waals surface area contributed by atoms with Crippen molar-refractivity contribution in [1.29, 1.82) is 0 Å². The molecule has 2 aromatic heterocycles. The second-order valence-corrected chi connectivity index (χ2v) is 8.39. The van der Waals surface area contributed by atoms with Crippen LogP contribution in [-0.4, -0.2) is 43.7 Å². The second-order valence-electron chi connectivity index (χ2n) is 8.39. The van der Waals surface area contributed by atoms with Crippen molar-refractivity contribution in [3.8, 4) is 11.4 Å². The Morgan fingerprint density at radius 3 is 2.71 bits per heavy atom. The SMILES string of the molecule is CCOc1ccc([C@@H]2CCCN2C(=O)CCc2nc3c(cnn3-c3ccccc3)c(=O)[nH]2)cc1. The highest BCUT2D eigenvalue weighted by molar-refractivity contribution is 5.78. The lowest BCUT2D eigenvalue weighted by Gasteiger charge is -2.25. The third-order valence-corrected chi connectivity index (χ3v) is 6.21. The van der Waals surface area contributed by atoms with Crippen LogP contribution < -0.4 is 10.3 Å². The van der Waals surface area contributed by atoms with Crippen molar-refractivity contribution in [3.63, 3.8) is 0 Å². The lowest BCUT2D eigenvalue weighted by Crippen LogP contribution is -2.31. The fraction of sp³-hybridized carbons (Fsp3) is 0.308. The highest BCUT2D eigenvalue weighted by Gasteiger charge is 2.29. The van der Waals surface area contributed by atoms with Gasteiger partial charge in [-0.3, -0.25) is 9.59 Å². The van der Waals surface area contributed by atoms with Crippen LogP contribution in [0, 0.1) is 0 Å². The molecule has 8 nitrogen and oxygen atoms in total. The summed E-state index contributed by atoms with van der Waals surface area (Å²) in [6.07, 6.45) is 4.07. The standard InChI is InChI=1S/C26H27N5O3/c1-2-34-20-12-10-18(11-13-20)22-9-6-16-30(22)24(32)15-14-23-28-25-21(26(33)29-23)17-27-31(25)19-7-4-3-5-8-19/h3-5,7-8,10-13,17,22H,2,6,9,14-16H2,1H3,(H,28,29,33)/t22-/m0/s1. The van der Waals surface area contributed by atoms with Crippen LogP contribution in [0.4, 0.5) is 0 Å². The summed E-state index contributed by atoms with van der Waals surface area (Å²) in [6, 6.07) is 17.6. The van der Waals surface area contributed by atoms with Crippen LogP contribution in [0.3, 0.4) is 0 Å². The van der Waals surface area contributed by atoms with Gasteiger partial charge in [-0.15, -0.1) is 0 Å². The monoisotopic (exact) mass is 457 g/mol. The minimum Gasteiger partial charge on any atom is -0.494 e. The number of fused-ring (bicyclic) bond motifs is 1. The molecule has 0 aliphatic carbocycles. The summed E-state index contributed by atoms with van der Waals surface area (Å²) in [5.41, 5.74) is 2.19. The van der Waals surface area contributed by atoms with Gasteiger partial charge in [0.05, 0.1) is 24.5 Å². The number of hydrogen-bond acceptors (Lipinski definition) is 5. The topological polar surface area (TPSA) is 93.1 Å². The van der Waals surface area contributed by atoms with Gasteiger partial charge in [0.1, 0.15) is 17.0 Å². The molecular weight excluding hydrogens is 430 g/mol. The molecule has 3 heterocycles. The molecule has 0 unspecified atom stereocenters. The van der Waals surface area contributed by atoms with Gasteiger partial charge < -0.3 is 14.6 Å². The molecule has 1 aliphatic rings. The highest BCUT2D eigenvalue weighted by Crippen LogP contribution is 2.33. The number of carbonyl (C=O) groups excluding carboxylic acids is 1. The van der Waals surface area contributed by atoms with Gasteiger partial charge in [0.15, 0.2) is 5.65 Å². The van der Waals surface area contributed by atoms with Crippen LogP contribution in [0.1, 0.15) is 43.6 Å². The number of para-hydroxylation sites is 1. The number of amides is 1. The first kappa shape index (κ1) is 21.9. The number of ether oxygens (including phenoxy) is 1. The molecule has 174 valence electrons. The minimum atomic E-state index is -0.247. The maximum absolute atomic E-state index is 13.1. The Labute approximate surface area is 197 Å². The molecule has 1 saturated heterocycles. The maximum atomic E-state index is 13.1. The number of benzene rings is 2. The Bertz CT molecular complexity index is 1340. The van der Waals surface area contributed by atoms with E-state index in [9.17, 15) is 9.59 Å². The fourth-order valence-corrected chi connectivity index (χ4v) is 4.57. The van der Waals surface area contributed by atoms with E-state index in [1.165, 1.54) is 6.20 Å². The normalized spacial score (nSPS) is 15.7. The van der Waals surface area contributed by atoms with Crippen LogP contribution >= 0.6 is 0 Å². The Balaban J connectivity index is 1.32. The summed E-state index contributed by atoms with van der Waals surface area (Å²) in [6.45, 7) is 3.32. The molecule has 4 aromatic rings. The smallest absolute Gasteiger partial charge is 0.262 e. The maximum Gasteiger partial charge on any atom is 0.262 e. The number of rotatable bonds is 7. The van der Waals surface area contributed by atoms with E-state index >= 15 is 0 Å². The predicted octanol–water partition coefficient (Wildman–Crippen LogP) is 3.80. The largest absolute Gasteiger partial charge is 0.494 e. The molecular formula is C26H27N5O3. The Morgan fingerprint density at radius 2 is 1.94 bits per heavy atom. The molecule has 1 amide bonds. The summed E-state index contributed by atoms with van der Waals surface area (Å²) >= 11 is 0.